The molecule has 1 unspecified atom stereocenters. The summed E-state index contributed by atoms with van der Waals surface area (Å²) in [7, 11) is 0. The summed E-state index contributed by atoms with van der Waals surface area (Å²) in [5.41, 5.74) is -2.91. The van der Waals surface area contributed by atoms with Crippen LogP contribution < -0.4 is 0 Å². The average Bonchev–Trinajstić information content (AvgIpc) is 2.52. The predicted octanol–water partition coefficient (Wildman–Crippen LogP) is -2.33. The number of nitrogens with zero attached hydrogens (tertiary/aromatic N) is 1. The van der Waals surface area contributed by atoms with Crippen LogP contribution in [0.15, 0.2) is 0 Å². The van der Waals surface area contributed by atoms with Crippen molar-refractivity contribution >= 4 is 29.4 Å². The first-order valence-electron chi connectivity index (χ1n) is 7.99. The summed E-state index contributed by atoms with van der Waals surface area (Å²) in [5.74, 6) is -8.57. The van der Waals surface area contributed by atoms with Gasteiger partial charge in [0.2, 0.25) is 23.1 Å². The minimum absolute atomic E-state index is 0.223. The van der Waals surface area contributed by atoms with Crippen molar-refractivity contribution in [3.63, 3.8) is 0 Å². The van der Waals surface area contributed by atoms with Crippen molar-refractivity contribution in [3.05, 3.63) is 0 Å². The number of aliphatic hydroxyl groups is 3. The third-order valence-corrected chi connectivity index (χ3v) is 4.40. The molecule has 3 N–H and O–H groups in total. The van der Waals surface area contributed by atoms with E-state index < -0.39 is 65.6 Å². The van der Waals surface area contributed by atoms with E-state index in [0.29, 0.717) is 0 Å². The van der Waals surface area contributed by atoms with Gasteiger partial charge in [-0.25, -0.2) is 0 Å². The smallest absolute Gasteiger partial charge is 0.307 e. The summed E-state index contributed by atoms with van der Waals surface area (Å²) >= 11 is 0. The number of Topliss-reactive ketones (excluding diaryl/α,β-unsaturated/α-hetero) is 2. The summed E-state index contributed by atoms with van der Waals surface area (Å²) in [5, 5.41) is 30.5. The van der Waals surface area contributed by atoms with E-state index in [0.717, 1.165) is 34.6 Å². The lowest BCUT2D eigenvalue weighted by Crippen LogP contribution is -2.85. The van der Waals surface area contributed by atoms with Gasteiger partial charge in [-0.3, -0.25) is 28.9 Å². The van der Waals surface area contributed by atoms with Crippen LogP contribution in [-0.2, 0) is 33.4 Å². The quantitative estimate of drug-likeness (QED) is 0.434. The van der Waals surface area contributed by atoms with Gasteiger partial charge in [0.15, 0.2) is 5.78 Å². The van der Waals surface area contributed by atoms with Crippen LogP contribution in [0.3, 0.4) is 0 Å². The Bertz CT molecular complexity index is 662. The van der Waals surface area contributed by atoms with Crippen LogP contribution in [0.25, 0.3) is 0 Å². The maximum atomic E-state index is 12.7. The summed E-state index contributed by atoms with van der Waals surface area (Å²) in [6, 6.07) is 0. The molecule has 0 spiro atoms. The van der Waals surface area contributed by atoms with E-state index in [2.05, 4.69) is 0 Å². The van der Waals surface area contributed by atoms with Gasteiger partial charge in [0.05, 0.1) is 6.61 Å². The zero-order valence-electron chi connectivity index (χ0n) is 15.6. The number of imide groups is 1. The fourth-order valence-electron chi connectivity index (χ4n) is 3.49. The lowest BCUT2D eigenvalue weighted by atomic mass is 9.70. The molecule has 0 aromatic rings. The molecule has 0 aromatic heterocycles. The van der Waals surface area contributed by atoms with Gasteiger partial charge in [0.25, 0.3) is 0 Å². The standard InChI is InChI=1S/C16H23NO10/c1-7(19)15(17(9(3)21)10(4)22)14(25)13(24)12(6-18)27-16(15,8(2)20)26-11(5)23/h12-14,18,24-25H,6H2,1-5H3/t12-,13-,14+,15-,16?/m1/s1. The number of rotatable bonds is 5. The Morgan fingerprint density at radius 1 is 0.963 bits per heavy atom. The van der Waals surface area contributed by atoms with Gasteiger partial charge in [-0.2, -0.15) is 0 Å². The van der Waals surface area contributed by atoms with E-state index in [1.165, 1.54) is 0 Å². The fraction of sp³-hybridized carbons (Fsp3) is 0.688. The van der Waals surface area contributed by atoms with E-state index in [1.807, 2.05) is 0 Å². The maximum absolute atomic E-state index is 12.7. The minimum Gasteiger partial charge on any atom is -0.422 e. The summed E-state index contributed by atoms with van der Waals surface area (Å²) in [6.45, 7) is 3.37. The topological polar surface area (TPSA) is 168 Å². The molecule has 1 rings (SSSR count). The van der Waals surface area contributed by atoms with Crippen molar-refractivity contribution in [2.45, 2.75) is 64.3 Å². The van der Waals surface area contributed by atoms with Crippen LogP contribution in [0, 0.1) is 0 Å². The summed E-state index contributed by atoms with van der Waals surface area (Å²) in [4.78, 5) is 61.6. The Morgan fingerprint density at radius 2 is 1.44 bits per heavy atom. The Balaban J connectivity index is 4.06. The summed E-state index contributed by atoms with van der Waals surface area (Å²) < 4.78 is 10.3. The van der Waals surface area contributed by atoms with Gasteiger partial charge in [-0.1, -0.05) is 0 Å². The molecule has 11 nitrogen and oxygen atoms in total. The number of aliphatic hydroxyl groups excluding tert-OH is 3. The molecular formula is C16H23NO10. The molecule has 2 amide bonds. The lowest BCUT2D eigenvalue weighted by Gasteiger charge is -2.57. The minimum atomic E-state index is -2.98. The Labute approximate surface area is 154 Å². The molecule has 1 saturated heterocycles. The van der Waals surface area contributed by atoms with Crippen molar-refractivity contribution in [1.82, 2.24) is 4.90 Å². The molecule has 1 heterocycles. The van der Waals surface area contributed by atoms with Gasteiger partial charge in [-0.05, 0) is 6.92 Å². The van der Waals surface area contributed by atoms with Gasteiger partial charge in [0.1, 0.15) is 18.3 Å². The third kappa shape index (κ3) is 3.27. The normalized spacial score (nSPS) is 33.1. The van der Waals surface area contributed by atoms with Crippen LogP contribution >= 0.6 is 0 Å². The number of carbonyl (C=O) groups excluding carboxylic acids is 5. The molecule has 152 valence electrons. The molecule has 5 atom stereocenters. The highest BCUT2D eigenvalue weighted by Gasteiger charge is 2.75. The number of amides is 2. The van der Waals surface area contributed by atoms with Gasteiger partial charge < -0.3 is 24.8 Å². The van der Waals surface area contributed by atoms with Crippen molar-refractivity contribution in [1.29, 1.82) is 0 Å². The van der Waals surface area contributed by atoms with Crippen molar-refractivity contribution < 1.29 is 48.8 Å². The highest BCUT2D eigenvalue weighted by Crippen LogP contribution is 2.45. The first-order chi connectivity index (χ1) is 12.3. The van der Waals surface area contributed by atoms with Crippen LogP contribution in [0.4, 0.5) is 0 Å². The molecule has 0 bridgehead atoms. The molecule has 1 aliphatic heterocycles. The second-order valence-electron chi connectivity index (χ2n) is 6.24. The molecular weight excluding hydrogens is 366 g/mol. The highest BCUT2D eigenvalue weighted by atomic mass is 16.7. The van der Waals surface area contributed by atoms with Crippen molar-refractivity contribution in [3.8, 4) is 0 Å². The van der Waals surface area contributed by atoms with Gasteiger partial charge >= 0.3 is 11.8 Å². The molecule has 1 fully saturated rings. The number of ketones is 2. The van der Waals surface area contributed by atoms with Crippen molar-refractivity contribution in [2.75, 3.05) is 6.61 Å². The number of carbonyl (C=O) groups is 5. The van der Waals surface area contributed by atoms with Crippen LogP contribution in [0.1, 0.15) is 34.6 Å². The Hall–Kier alpha value is -2.21. The number of esters is 1. The van der Waals surface area contributed by atoms with E-state index in [1.54, 1.807) is 0 Å². The zero-order valence-corrected chi connectivity index (χ0v) is 15.6. The van der Waals surface area contributed by atoms with Gasteiger partial charge in [0, 0.05) is 27.7 Å². The molecule has 0 aromatic carbocycles. The predicted molar refractivity (Wildman–Crippen MR) is 85.8 cm³/mol. The van der Waals surface area contributed by atoms with E-state index in [-0.39, 0.29) is 4.90 Å². The monoisotopic (exact) mass is 389 g/mol. The molecule has 11 heteroatoms. The molecule has 0 radical (unpaired) electrons. The van der Waals surface area contributed by atoms with Crippen LogP contribution in [0.2, 0.25) is 0 Å². The number of hydrogen-bond acceptors (Lipinski definition) is 10. The molecule has 0 saturated carbocycles. The molecule has 0 aliphatic carbocycles. The first-order valence-corrected chi connectivity index (χ1v) is 7.99. The first kappa shape index (κ1) is 22.8. The zero-order chi connectivity index (χ0) is 21.3. The van der Waals surface area contributed by atoms with E-state index in [9.17, 15) is 39.3 Å². The van der Waals surface area contributed by atoms with Crippen LogP contribution in [0.5, 0.6) is 0 Å². The maximum Gasteiger partial charge on any atom is 0.307 e. The average molecular weight is 389 g/mol. The molecule has 27 heavy (non-hydrogen) atoms. The fourth-order valence-corrected chi connectivity index (χ4v) is 3.49. The number of ether oxygens (including phenoxy) is 2. The largest absolute Gasteiger partial charge is 0.422 e. The third-order valence-electron chi connectivity index (χ3n) is 4.40. The second-order valence-corrected chi connectivity index (χ2v) is 6.24. The lowest BCUT2D eigenvalue weighted by molar-refractivity contribution is -0.336. The van der Waals surface area contributed by atoms with E-state index in [4.69, 9.17) is 9.47 Å². The van der Waals surface area contributed by atoms with Crippen molar-refractivity contribution in [2.24, 2.45) is 0 Å². The second kappa shape index (κ2) is 7.80. The number of hydrogen-bond donors (Lipinski definition) is 3. The van der Waals surface area contributed by atoms with Crippen LogP contribution in [-0.4, -0.2) is 85.8 Å². The summed E-state index contributed by atoms with van der Waals surface area (Å²) in [6.07, 6.45) is -5.96. The highest BCUT2D eigenvalue weighted by molar-refractivity contribution is 6.07. The SMILES string of the molecule is CC(=O)OC1(C(C)=O)O[C@H](CO)[C@@H](O)[C@H](O)[C@@]1(C(C)=O)N(C(C)=O)C(C)=O. The molecule has 1 aliphatic rings. The van der Waals surface area contributed by atoms with E-state index >= 15 is 0 Å². The Morgan fingerprint density at radius 3 is 1.74 bits per heavy atom. The van der Waals surface area contributed by atoms with Gasteiger partial charge in [-0.15, -0.1) is 0 Å². The Kier molecular flexibility index (Phi) is 6.60.